The van der Waals surface area contributed by atoms with Crippen molar-refractivity contribution in [2.24, 2.45) is 0 Å². The molecule has 0 bridgehead atoms. The number of benzene rings is 1. The first kappa shape index (κ1) is 21.0. The van der Waals surface area contributed by atoms with Gasteiger partial charge in [-0.25, -0.2) is 14.4 Å². The molecule has 3 rings (SSSR count). The summed E-state index contributed by atoms with van der Waals surface area (Å²) in [5.41, 5.74) is 5.70. The van der Waals surface area contributed by atoms with Crippen LogP contribution in [0.2, 0.25) is 0 Å². The van der Waals surface area contributed by atoms with Gasteiger partial charge in [-0.2, -0.15) is 5.10 Å². The lowest BCUT2D eigenvalue weighted by atomic mass is 10.1. The summed E-state index contributed by atoms with van der Waals surface area (Å²) >= 11 is 0. The van der Waals surface area contributed by atoms with Gasteiger partial charge in [0.15, 0.2) is 0 Å². The van der Waals surface area contributed by atoms with Crippen LogP contribution in [0.4, 0.5) is 10.2 Å². The third-order valence-corrected chi connectivity index (χ3v) is 5.41. The number of hydrogen-bond donors (Lipinski definition) is 1. The zero-order valence-electron chi connectivity index (χ0n) is 18.0. The summed E-state index contributed by atoms with van der Waals surface area (Å²) < 4.78 is 15.1. The second-order valence-electron chi connectivity index (χ2n) is 7.76. The van der Waals surface area contributed by atoms with Gasteiger partial charge in [-0.05, 0) is 63.8 Å². The van der Waals surface area contributed by atoms with Crippen molar-refractivity contribution in [2.75, 3.05) is 11.9 Å². The molecular weight excluding hydrogens is 365 g/mol. The van der Waals surface area contributed by atoms with Crippen LogP contribution in [-0.4, -0.2) is 26.3 Å². The van der Waals surface area contributed by atoms with Crippen molar-refractivity contribution in [1.82, 2.24) is 19.7 Å². The number of aryl methyl sites for hydroxylation is 3. The van der Waals surface area contributed by atoms with Gasteiger partial charge in [-0.3, -0.25) is 4.68 Å². The van der Waals surface area contributed by atoms with E-state index in [2.05, 4.69) is 45.8 Å². The van der Waals surface area contributed by atoms with Crippen molar-refractivity contribution >= 4 is 5.82 Å². The lowest BCUT2D eigenvalue weighted by molar-refractivity contribution is 0.519. The standard InChI is InChI=1S/C23H30FN5/c1-15(14-29-18(4)16(2)17(3)28-29)22-13-23(27-19(5)26-22)25-12-6-7-20-8-10-21(24)11-9-20/h8-11,13,15H,6-7,12,14H2,1-5H3,(H,25,26,27)/t15-/m1/s1. The summed E-state index contributed by atoms with van der Waals surface area (Å²) in [7, 11) is 0. The smallest absolute Gasteiger partial charge is 0.129 e. The number of hydrogen-bond acceptors (Lipinski definition) is 4. The Kier molecular flexibility index (Phi) is 6.62. The van der Waals surface area contributed by atoms with E-state index in [1.165, 1.54) is 23.4 Å². The summed E-state index contributed by atoms with van der Waals surface area (Å²) in [6.45, 7) is 12.0. The Labute approximate surface area is 172 Å². The number of aromatic nitrogens is 4. The SMILES string of the molecule is Cc1nc(NCCCc2ccc(F)cc2)cc([C@H](C)Cn2nc(C)c(C)c2C)n1. The van der Waals surface area contributed by atoms with Crippen molar-refractivity contribution in [3.05, 3.63) is 70.2 Å². The summed E-state index contributed by atoms with van der Waals surface area (Å²) in [5.74, 6) is 1.65. The maximum atomic E-state index is 13.0. The minimum atomic E-state index is -0.194. The molecule has 6 heteroatoms. The average Bonchev–Trinajstić information content (AvgIpc) is 2.93. The molecular formula is C23H30FN5. The van der Waals surface area contributed by atoms with Gasteiger partial charge < -0.3 is 5.32 Å². The van der Waals surface area contributed by atoms with Gasteiger partial charge in [-0.1, -0.05) is 19.1 Å². The minimum absolute atomic E-state index is 0.194. The second-order valence-corrected chi connectivity index (χ2v) is 7.76. The highest BCUT2D eigenvalue weighted by molar-refractivity contribution is 5.37. The predicted molar refractivity (Wildman–Crippen MR) is 115 cm³/mol. The lowest BCUT2D eigenvalue weighted by Gasteiger charge is -2.15. The van der Waals surface area contributed by atoms with Crippen molar-refractivity contribution in [3.8, 4) is 0 Å². The predicted octanol–water partition coefficient (Wildman–Crippen LogP) is 4.89. The Morgan fingerprint density at radius 3 is 2.45 bits per heavy atom. The number of nitrogens with one attached hydrogen (secondary N) is 1. The molecule has 1 N–H and O–H groups in total. The first-order chi connectivity index (χ1) is 13.8. The molecule has 2 aromatic heterocycles. The zero-order chi connectivity index (χ0) is 21.0. The molecule has 29 heavy (non-hydrogen) atoms. The van der Waals surface area contributed by atoms with Crippen molar-refractivity contribution in [3.63, 3.8) is 0 Å². The van der Waals surface area contributed by atoms with Gasteiger partial charge in [0, 0.05) is 30.8 Å². The fourth-order valence-corrected chi connectivity index (χ4v) is 3.41. The number of halogens is 1. The van der Waals surface area contributed by atoms with Crippen LogP contribution in [-0.2, 0) is 13.0 Å². The molecule has 1 atom stereocenters. The molecule has 0 radical (unpaired) electrons. The molecule has 1 aromatic carbocycles. The maximum Gasteiger partial charge on any atom is 0.129 e. The normalized spacial score (nSPS) is 12.2. The van der Waals surface area contributed by atoms with Gasteiger partial charge in [0.2, 0.25) is 0 Å². The first-order valence-corrected chi connectivity index (χ1v) is 10.2. The molecule has 0 unspecified atom stereocenters. The molecule has 2 heterocycles. The number of anilines is 1. The van der Waals surface area contributed by atoms with Crippen LogP contribution in [0, 0.1) is 33.5 Å². The van der Waals surface area contributed by atoms with Crippen LogP contribution in [0.5, 0.6) is 0 Å². The van der Waals surface area contributed by atoms with Crippen LogP contribution >= 0.6 is 0 Å². The molecule has 0 fully saturated rings. The highest BCUT2D eigenvalue weighted by Crippen LogP contribution is 2.21. The van der Waals surface area contributed by atoms with Gasteiger partial charge in [0.05, 0.1) is 11.4 Å². The lowest BCUT2D eigenvalue weighted by Crippen LogP contribution is -2.13. The van der Waals surface area contributed by atoms with E-state index in [0.29, 0.717) is 0 Å². The van der Waals surface area contributed by atoms with Crippen molar-refractivity contribution in [2.45, 2.75) is 59.9 Å². The molecule has 0 spiro atoms. The van der Waals surface area contributed by atoms with Crippen molar-refractivity contribution < 1.29 is 4.39 Å². The molecule has 154 valence electrons. The van der Waals surface area contributed by atoms with Crippen LogP contribution in [0.1, 0.15) is 53.3 Å². The highest BCUT2D eigenvalue weighted by Gasteiger charge is 2.14. The highest BCUT2D eigenvalue weighted by atomic mass is 19.1. The molecule has 5 nitrogen and oxygen atoms in total. The largest absolute Gasteiger partial charge is 0.370 e. The van der Waals surface area contributed by atoms with E-state index in [1.807, 2.05) is 32.0 Å². The summed E-state index contributed by atoms with van der Waals surface area (Å²) in [4.78, 5) is 9.17. The summed E-state index contributed by atoms with van der Waals surface area (Å²) in [6.07, 6.45) is 1.85. The Hall–Kier alpha value is -2.76. The Balaban J connectivity index is 1.59. The van der Waals surface area contributed by atoms with E-state index in [0.717, 1.165) is 54.5 Å². The Morgan fingerprint density at radius 1 is 1.07 bits per heavy atom. The third kappa shape index (κ3) is 5.40. The van der Waals surface area contributed by atoms with Crippen LogP contribution in [0.25, 0.3) is 0 Å². The molecule has 0 saturated heterocycles. The third-order valence-electron chi connectivity index (χ3n) is 5.41. The van der Waals surface area contributed by atoms with Crippen LogP contribution in [0.3, 0.4) is 0 Å². The fourth-order valence-electron chi connectivity index (χ4n) is 3.41. The second kappa shape index (κ2) is 9.16. The Morgan fingerprint density at radius 2 is 1.79 bits per heavy atom. The van der Waals surface area contributed by atoms with Crippen LogP contribution < -0.4 is 5.32 Å². The average molecular weight is 396 g/mol. The first-order valence-electron chi connectivity index (χ1n) is 10.2. The molecule has 0 saturated carbocycles. The molecule has 3 aromatic rings. The molecule has 0 aliphatic rings. The maximum absolute atomic E-state index is 13.0. The number of rotatable bonds is 8. The number of nitrogens with zero attached hydrogens (tertiary/aromatic N) is 4. The van der Waals surface area contributed by atoms with Gasteiger partial charge in [-0.15, -0.1) is 0 Å². The molecule has 0 aliphatic heterocycles. The van der Waals surface area contributed by atoms with Crippen LogP contribution in [0.15, 0.2) is 30.3 Å². The Bertz CT molecular complexity index is 962. The van der Waals surface area contributed by atoms with E-state index in [-0.39, 0.29) is 11.7 Å². The summed E-state index contributed by atoms with van der Waals surface area (Å²) in [6, 6.07) is 8.73. The van der Waals surface area contributed by atoms with Gasteiger partial charge in [0.25, 0.3) is 0 Å². The minimum Gasteiger partial charge on any atom is -0.370 e. The van der Waals surface area contributed by atoms with E-state index in [4.69, 9.17) is 0 Å². The topological polar surface area (TPSA) is 55.6 Å². The van der Waals surface area contributed by atoms with E-state index < -0.39 is 0 Å². The molecule has 0 aliphatic carbocycles. The quantitative estimate of drug-likeness (QED) is 0.552. The van der Waals surface area contributed by atoms with E-state index in [9.17, 15) is 4.39 Å². The fraction of sp³-hybridized carbons (Fsp3) is 0.435. The summed E-state index contributed by atoms with van der Waals surface area (Å²) in [5, 5.41) is 8.05. The van der Waals surface area contributed by atoms with E-state index in [1.54, 1.807) is 0 Å². The van der Waals surface area contributed by atoms with E-state index >= 15 is 0 Å². The van der Waals surface area contributed by atoms with Gasteiger partial charge in [0.1, 0.15) is 17.5 Å². The monoisotopic (exact) mass is 395 g/mol. The van der Waals surface area contributed by atoms with Crippen molar-refractivity contribution in [1.29, 1.82) is 0 Å². The zero-order valence-corrected chi connectivity index (χ0v) is 18.0. The molecule has 0 amide bonds. The van der Waals surface area contributed by atoms with Gasteiger partial charge >= 0.3 is 0 Å².